The summed E-state index contributed by atoms with van der Waals surface area (Å²) in [6.07, 6.45) is 10.6. The van der Waals surface area contributed by atoms with Gasteiger partial charge in [0.15, 0.2) is 0 Å². The van der Waals surface area contributed by atoms with E-state index in [2.05, 4.69) is 62.4 Å². The molecule has 2 aromatic carbocycles. The van der Waals surface area contributed by atoms with Gasteiger partial charge in [0.1, 0.15) is 0 Å². The first kappa shape index (κ1) is 17.8. The fraction of sp³-hybridized carbons (Fsp3) is 0.478. The Kier molecular flexibility index (Phi) is 7.39. The van der Waals surface area contributed by atoms with E-state index in [9.17, 15) is 0 Å². The first-order valence-corrected chi connectivity index (χ1v) is 9.20. The normalized spacial score (nSPS) is 11.6. The molecule has 0 aliphatic heterocycles. The van der Waals surface area contributed by atoms with E-state index in [0.717, 1.165) is 0 Å². The molecule has 0 unspecified atom stereocenters. The van der Waals surface area contributed by atoms with E-state index in [4.69, 9.17) is 0 Å². The van der Waals surface area contributed by atoms with E-state index in [1.54, 1.807) is 0 Å². The molecule has 0 bridgehead atoms. The van der Waals surface area contributed by atoms with Crippen LogP contribution < -0.4 is 0 Å². The Balaban J connectivity index is 1.52. The molecule has 0 heterocycles. The van der Waals surface area contributed by atoms with Gasteiger partial charge in [-0.05, 0) is 41.9 Å². The van der Waals surface area contributed by atoms with Crippen LogP contribution in [0.15, 0.2) is 54.6 Å². The largest absolute Gasteiger partial charge is 0.0622 e. The Morgan fingerprint density at radius 3 is 2.09 bits per heavy atom. The van der Waals surface area contributed by atoms with Gasteiger partial charge >= 0.3 is 0 Å². The summed E-state index contributed by atoms with van der Waals surface area (Å²) in [5, 5.41) is 0. The quantitative estimate of drug-likeness (QED) is 0.426. The number of hydrogen-bond donors (Lipinski definition) is 0. The maximum Gasteiger partial charge on any atom is -0.0104 e. The van der Waals surface area contributed by atoms with Gasteiger partial charge in [-0.25, -0.2) is 0 Å². The van der Waals surface area contributed by atoms with Gasteiger partial charge in [-0.2, -0.15) is 0 Å². The van der Waals surface area contributed by atoms with Crippen LogP contribution in [0.25, 0.3) is 0 Å². The second-order valence-corrected chi connectivity index (χ2v) is 7.26. The van der Waals surface area contributed by atoms with Crippen molar-refractivity contribution in [2.45, 2.75) is 70.6 Å². The minimum Gasteiger partial charge on any atom is -0.0622 e. The molecule has 0 fully saturated rings. The summed E-state index contributed by atoms with van der Waals surface area (Å²) < 4.78 is 0. The minimum atomic E-state index is 0.310. The predicted molar refractivity (Wildman–Crippen MR) is 101 cm³/mol. The molecule has 0 heteroatoms. The standard InChI is InChI=1S/C23H31/c1-23(2,22-18-12-8-13-19-22)20-14-6-4-3-5-9-15-21-16-10-7-11-17-21/h7-8,10-13,16,18-19H,3-6,9,14-15,20H2,1-2H3. The molecule has 23 heavy (non-hydrogen) atoms. The van der Waals surface area contributed by atoms with Crippen LogP contribution in [0.3, 0.4) is 0 Å². The van der Waals surface area contributed by atoms with Gasteiger partial charge in [-0.1, -0.05) is 101 Å². The van der Waals surface area contributed by atoms with Crippen molar-refractivity contribution in [1.82, 2.24) is 0 Å². The van der Waals surface area contributed by atoms with E-state index >= 15 is 0 Å². The molecular formula is C23H31. The van der Waals surface area contributed by atoms with Crippen LogP contribution in [0.1, 0.15) is 69.9 Å². The lowest BCUT2D eigenvalue weighted by molar-refractivity contribution is 0.442. The Labute approximate surface area is 143 Å². The van der Waals surface area contributed by atoms with Crippen molar-refractivity contribution in [2.24, 2.45) is 0 Å². The SMILES string of the molecule is CC(C)(CCCCCCCCc1[c]cccc1)c1ccccc1. The summed E-state index contributed by atoms with van der Waals surface area (Å²) in [5.74, 6) is 0. The summed E-state index contributed by atoms with van der Waals surface area (Å²) in [6.45, 7) is 4.75. The van der Waals surface area contributed by atoms with Gasteiger partial charge < -0.3 is 0 Å². The molecule has 0 saturated carbocycles. The van der Waals surface area contributed by atoms with E-state index in [1.165, 1.54) is 62.5 Å². The van der Waals surface area contributed by atoms with Crippen LogP contribution in [0.5, 0.6) is 0 Å². The van der Waals surface area contributed by atoms with Gasteiger partial charge in [0.2, 0.25) is 0 Å². The van der Waals surface area contributed by atoms with Crippen molar-refractivity contribution >= 4 is 0 Å². The van der Waals surface area contributed by atoms with Crippen LogP contribution >= 0.6 is 0 Å². The fourth-order valence-electron chi connectivity index (χ4n) is 3.21. The van der Waals surface area contributed by atoms with Crippen LogP contribution in [-0.2, 0) is 11.8 Å². The molecular weight excluding hydrogens is 276 g/mol. The zero-order valence-electron chi connectivity index (χ0n) is 14.9. The summed E-state index contributed by atoms with van der Waals surface area (Å²) >= 11 is 0. The average molecular weight is 308 g/mol. The Hall–Kier alpha value is -1.56. The van der Waals surface area contributed by atoms with Crippen LogP contribution in [-0.4, -0.2) is 0 Å². The van der Waals surface area contributed by atoms with Crippen molar-refractivity contribution in [1.29, 1.82) is 0 Å². The van der Waals surface area contributed by atoms with Crippen molar-refractivity contribution in [2.75, 3.05) is 0 Å². The van der Waals surface area contributed by atoms with Gasteiger partial charge in [0, 0.05) is 0 Å². The van der Waals surface area contributed by atoms with Gasteiger partial charge in [0.05, 0.1) is 0 Å². The average Bonchev–Trinajstić information content (AvgIpc) is 2.59. The predicted octanol–water partition coefficient (Wildman–Crippen LogP) is 6.74. The van der Waals surface area contributed by atoms with Gasteiger partial charge in [-0.3, -0.25) is 0 Å². The molecule has 1 radical (unpaired) electrons. The highest BCUT2D eigenvalue weighted by atomic mass is 14.2. The molecule has 0 aliphatic rings. The Morgan fingerprint density at radius 1 is 0.739 bits per heavy atom. The van der Waals surface area contributed by atoms with Crippen molar-refractivity contribution in [3.8, 4) is 0 Å². The second-order valence-electron chi connectivity index (χ2n) is 7.26. The smallest absolute Gasteiger partial charge is 0.0104 e. The fourth-order valence-corrected chi connectivity index (χ4v) is 3.21. The second kappa shape index (κ2) is 9.55. The maximum atomic E-state index is 3.31. The van der Waals surface area contributed by atoms with Gasteiger partial charge in [0.25, 0.3) is 0 Å². The minimum absolute atomic E-state index is 0.310. The first-order valence-electron chi connectivity index (χ1n) is 9.20. The molecule has 0 amide bonds. The van der Waals surface area contributed by atoms with E-state index in [1.807, 2.05) is 12.1 Å². The lowest BCUT2D eigenvalue weighted by Gasteiger charge is -2.25. The number of unbranched alkanes of at least 4 members (excludes halogenated alkanes) is 5. The molecule has 2 aromatic rings. The van der Waals surface area contributed by atoms with Crippen molar-refractivity contribution in [3.63, 3.8) is 0 Å². The third kappa shape index (κ3) is 6.60. The highest BCUT2D eigenvalue weighted by Gasteiger charge is 2.19. The molecule has 0 spiro atoms. The topological polar surface area (TPSA) is 0 Å². The van der Waals surface area contributed by atoms with Crippen LogP contribution in [0.2, 0.25) is 0 Å². The van der Waals surface area contributed by atoms with E-state index in [-0.39, 0.29) is 0 Å². The van der Waals surface area contributed by atoms with Crippen LogP contribution in [0.4, 0.5) is 0 Å². The molecule has 0 aliphatic carbocycles. The van der Waals surface area contributed by atoms with E-state index in [0.29, 0.717) is 5.41 Å². The molecule has 0 N–H and O–H groups in total. The zero-order valence-corrected chi connectivity index (χ0v) is 14.9. The molecule has 0 nitrogen and oxygen atoms in total. The monoisotopic (exact) mass is 307 g/mol. The third-order valence-electron chi connectivity index (χ3n) is 4.83. The summed E-state index contributed by atoms with van der Waals surface area (Å²) in [6, 6.07) is 22.6. The highest BCUT2D eigenvalue weighted by molar-refractivity contribution is 5.23. The third-order valence-corrected chi connectivity index (χ3v) is 4.83. The molecule has 0 atom stereocenters. The Bertz CT molecular complexity index is 524. The molecule has 0 aromatic heterocycles. The van der Waals surface area contributed by atoms with Crippen molar-refractivity contribution in [3.05, 3.63) is 71.8 Å². The lowest BCUT2D eigenvalue weighted by Crippen LogP contribution is -2.16. The molecule has 0 saturated heterocycles. The zero-order chi connectivity index (χ0) is 16.4. The summed E-state index contributed by atoms with van der Waals surface area (Å²) in [7, 11) is 0. The van der Waals surface area contributed by atoms with Crippen LogP contribution in [0, 0.1) is 6.07 Å². The van der Waals surface area contributed by atoms with Gasteiger partial charge in [-0.15, -0.1) is 0 Å². The molecule has 2 rings (SSSR count). The highest BCUT2D eigenvalue weighted by Crippen LogP contribution is 2.29. The first-order chi connectivity index (χ1) is 11.2. The Morgan fingerprint density at radius 2 is 1.39 bits per heavy atom. The number of benzene rings is 2. The number of rotatable bonds is 10. The van der Waals surface area contributed by atoms with E-state index < -0.39 is 0 Å². The lowest BCUT2D eigenvalue weighted by atomic mass is 9.80. The van der Waals surface area contributed by atoms with Crippen molar-refractivity contribution < 1.29 is 0 Å². The summed E-state index contributed by atoms with van der Waals surface area (Å²) in [4.78, 5) is 0. The molecule has 123 valence electrons. The summed E-state index contributed by atoms with van der Waals surface area (Å²) in [5.41, 5.74) is 3.14. The number of aryl methyl sites for hydroxylation is 1. The number of hydrogen-bond acceptors (Lipinski definition) is 0. The maximum absolute atomic E-state index is 3.31.